The van der Waals surface area contributed by atoms with Crippen molar-refractivity contribution in [2.75, 3.05) is 74.9 Å². The number of fused-ring (bicyclic) bond motifs is 3. The number of ether oxygens (including phenoxy) is 2. The number of phenolic OH excluding ortho intramolecular Hbond substituents is 1. The first-order chi connectivity index (χ1) is 54.8. The van der Waals surface area contributed by atoms with Crippen LogP contribution in [0.5, 0.6) is 11.5 Å². The number of carbonyl (C=O) groups excluding carboxylic acids is 6. The number of benzene rings is 7. The van der Waals surface area contributed by atoms with Crippen LogP contribution in [-0.2, 0) is 40.9 Å². The number of para-hydroxylation sites is 1. The lowest BCUT2D eigenvalue weighted by Crippen LogP contribution is -2.42. The van der Waals surface area contributed by atoms with Gasteiger partial charge in [-0.1, -0.05) is 135 Å². The topological polar surface area (TPSA) is 361 Å². The summed E-state index contributed by atoms with van der Waals surface area (Å²) < 4.78 is 66.0. The largest absolute Gasteiger partial charge is 0.507 e. The monoisotopic (exact) mass is 1660 g/mol. The standard InChI is InChI=1S/C33H33N4O7P.C22H25N2O7P.C12H22N6OP.C11H10N2O.CH2Cl2/c1-3-23-16-17-28(27(21-23)30-34-18-19-35-30)44-45(41,42-2)29(36-33(40)43-22-24-11-5-4-6-12-24)15-9-10-20-37-31(38)25-13-7-8-14-26(25)32(37)39;1-30-32(28,29)19(23-22(27)31-15-16-9-3-2-4-10-16)13-7-8-14-24-20(25)17-11-5-6-12-18(17)21(24)26;1-15(2)20(16(3)4,17(5)6)19-18-12-10-8-7-9-11(12)13-14-18;1-2-8-3-4-10(14)9(7-8)11-12-5-6-13-11;2-1-3/h3-8,11-14,16-19,21,29H,1,9-10,15,20,22H2,2H3,(H,34,35)(H,36,40);2-6,9-12,19H,7-8,13-15H2,1H3,(H,23,27)(H,28,29);7-10H,1-6H3;2-7,14H,1H2,(H,12,13);1H2/q;;+1;;. The number of alkyl carbamates (subject to hydrolysis) is 2. The number of rotatable bonds is 31. The number of phenols is 1. The van der Waals surface area contributed by atoms with Crippen molar-refractivity contribution >= 4 is 105 Å². The van der Waals surface area contributed by atoms with Gasteiger partial charge in [-0.15, -0.1) is 42.3 Å². The lowest BCUT2D eigenvalue weighted by atomic mass is 10.1. The first-order valence-electron chi connectivity index (χ1n) is 35.6. The van der Waals surface area contributed by atoms with Crippen LogP contribution < -0.4 is 19.8 Å². The van der Waals surface area contributed by atoms with Crippen LogP contribution in [0.15, 0.2) is 208 Å². The van der Waals surface area contributed by atoms with Crippen molar-refractivity contribution in [1.82, 2.24) is 69.5 Å². The number of unbranched alkanes of at least 4 members (excludes halogenated alkanes) is 2. The molecule has 2 aliphatic rings. The van der Waals surface area contributed by atoms with Gasteiger partial charge in [-0.05, 0) is 132 Å². The third-order valence-electron chi connectivity index (χ3n) is 17.6. The second kappa shape index (κ2) is 43.0. The molecule has 4 unspecified atom stereocenters. The highest BCUT2D eigenvalue weighted by Crippen LogP contribution is 2.62. The predicted molar refractivity (Wildman–Crippen MR) is 439 cm³/mol. The summed E-state index contributed by atoms with van der Waals surface area (Å²) in [6.45, 7) is 7.82. The van der Waals surface area contributed by atoms with Gasteiger partial charge in [0.15, 0.2) is 0 Å². The minimum Gasteiger partial charge on any atom is -0.507 e. The minimum absolute atomic E-state index is 0.00291. The molecule has 5 heterocycles. The van der Waals surface area contributed by atoms with Crippen molar-refractivity contribution in [2.45, 2.75) is 63.3 Å². The SMILES string of the molecule is C=Cc1ccc(O)c(-c2ncc[nH]2)c1.C=Cc1ccc(OP(=O)(OC)C(CCCCN2C(=O)c3ccccc3C2=O)NC(=O)OCc2ccccc2)c(-c2ncc[nH]2)c1.CN(C)[P+](On1nnc2ccccc21)(N(C)C)N(C)C.COP(=O)(O)C(CCCCN1C(=O)c2ccccc2C1=O)NC(=O)OCc1ccccc1.ClCCl. The Morgan fingerprint density at radius 3 is 1.43 bits per heavy atom. The Bertz CT molecular complexity index is 4880. The van der Waals surface area contributed by atoms with E-state index in [1.165, 1.54) is 16.9 Å². The molecular weight excluding hydrogens is 1560 g/mol. The third kappa shape index (κ3) is 23.3. The Morgan fingerprint density at radius 1 is 0.570 bits per heavy atom. The average Bonchev–Trinajstić information content (AvgIpc) is 1.09. The molecule has 7 aromatic carbocycles. The fourth-order valence-electron chi connectivity index (χ4n) is 12.0. The Morgan fingerprint density at radius 2 is 0.991 bits per heavy atom. The number of amides is 6. The van der Waals surface area contributed by atoms with Crippen LogP contribution in [-0.4, -0.2) is 191 Å². The second-order valence-electron chi connectivity index (χ2n) is 25.6. The number of aromatic nitrogens is 7. The highest BCUT2D eigenvalue weighted by Gasteiger charge is 2.54. The summed E-state index contributed by atoms with van der Waals surface area (Å²) in [6.07, 6.45) is 10.1. The van der Waals surface area contributed by atoms with Crippen LogP contribution in [0.2, 0.25) is 0 Å². The molecule has 0 radical (unpaired) electrons. The van der Waals surface area contributed by atoms with Crippen LogP contribution in [0.3, 0.4) is 0 Å². The number of aromatic amines is 2. The number of nitrogens with zero attached hydrogens (tertiary/aromatic N) is 10. The zero-order valence-electron chi connectivity index (χ0n) is 64.2. The first-order valence-corrected chi connectivity index (χ1v) is 41.5. The van der Waals surface area contributed by atoms with Crippen molar-refractivity contribution < 1.29 is 75.6 Å². The summed E-state index contributed by atoms with van der Waals surface area (Å²) in [6, 6.07) is 49.6. The number of imide groups is 2. The number of imidazole rings is 2. The van der Waals surface area contributed by atoms with E-state index in [1.54, 1.807) is 140 Å². The lowest BCUT2D eigenvalue weighted by molar-refractivity contribution is 0.0635. The molecule has 12 rings (SSSR count). The summed E-state index contributed by atoms with van der Waals surface area (Å²) in [4.78, 5) is 104. The molecule has 6 amide bonds. The molecule has 0 spiro atoms. The molecule has 0 aliphatic carbocycles. The predicted octanol–water partition coefficient (Wildman–Crippen LogP) is 15.3. The zero-order valence-corrected chi connectivity index (χ0v) is 68.4. The van der Waals surface area contributed by atoms with E-state index in [-0.39, 0.29) is 79.6 Å². The van der Waals surface area contributed by atoms with E-state index in [1.807, 2.05) is 109 Å². The van der Waals surface area contributed by atoms with Gasteiger partial charge in [0, 0.05) is 94.4 Å². The summed E-state index contributed by atoms with van der Waals surface area (Å²) in [5, 5.41) is 23.1. The van der Waals surface area contributed by atoms with Crippen molar-refractivity contribution in [1.29, 1.82) is 0 Å². The molecule has 0 bridgehead atoms. The molecule has 602 valence electrons. The summed E-state index contributed by atoms with van der Waals surface area (Å²) >= 11 is 9.53. The molecule has 0 fully saturated rings. The smallest absolute Gasteiger partial charge is 0.449 e. The molecule has 35 heteroatoms. The minimum atomic E-state index is -4.13. The van der Waals surface area contributed by atoms with E-state index in [0.29, 0.717) is 70.7 Å². The molecule has 2 aliphatic heterocycles. The number of H-pyrrole nitrogens is 2. The van der Waals surface area contributed by atoms with E-state index in [9.17, 15) is 47.9 Å². The number of hydrogen-bond donors (Lipinski definition) is 6. The number of halogens is 2. The summed E-state index contributed by atoms with van der Waals surface area (Å²) in [5.74, 6) is -2.15. The molecule has 0 saturated heterocycles. The van der Waals surface area contributed by atoms with Gasteiger partial charge in [0.05, 0.1) is 38.7 Å². The highest BCUT2D eigenvalue weighted by atomic mass is 35.5. The fourth-order valence-corrected chi connectivity index (χ4v) is 17.6. The Hall–Kier alpha value is -10.7. The quantitative estimate of drug-likeness (QED) is 0.0102. The number of nitrogens with one attached hydrogen (secondary N) is 4. The van der Waals surface area contributed by atoms with Gasteiger partial charge in [0.1, 0.15) is 59.0 Å². The van der Waals surface area contributed by atoms with E-state index in [0.717, 1.165) is 45.3 Å². The van der Waals surface area contributed by atoms with Crippen LogP contribution in [0, 0.1) is 0 Å². The summed E-state index contributed by atoms with van der Waals surface area (Å²) in [7, 11) is 4.00. The number of carbonyl (C=O) groups is 6. The van der Waals surface area contributed by atoms with E-state index in [4.69, 9.17) is 50.9 Å². The van der Waals surface area contributed by atoms with Gasteiger partial charge in [-0.25, -0.2) is 24.1 Å². The van der Waals surface area contributed by atoms with Gasteiger partial charge >= 0.3 is 35.3 Å². The molecule has 3 aromatic heterocycles. The molecule has 114 heavy (non-hydrogen) atoms. The number of aromatic hydroxyl groups is 1. The number of alkyl halides is 2. The highest BCUT2D eigenvalue weighted by molar-refractivity contribution is 7.64. The van der Waals surface area contributed by atoms with Crippen LogP contribution in [0.4, 0.5) is 9.59 Å². The molecule has 30 nitrogen and oxygen atoms in total. The van der Waals surface area contributed by atoms with Gasteiger partial charge in [-0.3, -0.25) is 33.5 Å². The molecule has 10 aromatic rings. The van der Waals surface area contributed by atoms with E-state index in [2.05, 4.69) is 68.1 Å². The number of hydrogen-bond acceptors (Lipinski definition) is 22. The van der Waals surface area contributed by atoms with Gasteiger partial charge in [0.25, 0.3) is 23.6 Å². The van der Waals surface area contributed by atoms with Gasteiger partial charge in [-0.2, -0.15) is 4.62 Å². The first kappa shape index (κ1) is 88.8. The Balaban J connectivity index is 0.000000204. The van der Waals surface area contributed by atoms with Crippen LogP contribution in [0.25, 0.3) is 46.0 Å². The van der Waals surface area contributed by atoms with Gasteiger partial charge < -0.3 is 53.6 Å². The van der Waals surface area contributed by atoms with Gasteiger partial charge in [0.2, 0.25) is 0 Å². The van der Waals surface area contributed by atoms with Crippen molar-refractivity contribution in [3.8, 4) is 34.3 Å². The zero-order chi connectivity index (χ0) is 82.5. The second-order valence-corrected chi connectivity index (χ2v) is 34.4. The maximum atomic E-state index is 14.4. The van der Waals surface area contributed by atoms with Crippen LogP contribution in [0.1, 0.15) is 102 Å². The molecule has 0 saturated carbocycles. The Labute approximate surface area is 671 Å². The van der Waals surface area contributed by atoms with Crippen molar-refractivity contribution in [3.05, 3.63) is 252 Å². The maximum absolute atomic E-state index is 14.4. The van der Waals surface area contributed by atoms with Crippen molar-refractivity contribution in [2.24, 2.45) is 0 Å². The average molecular weight is 1660 g/mol. The Kier molecular flexibility index (Phi) is 33.5. The maximum Gasteiger partial charge on any atom is 0.449 e. The van der Waals surface area contributed by atoms with Crippen molar-refractivity contribution in [3.63, 3.8) is 0 Å². The van der Waals surface area contributed by atoms with E-state index >= 15 is 0 Å². The third-order valence-corrected chi connectivity index (χ3v) is 24.9. The van der Waals surface area contributed by atoms with E-state index < -0.39 is 46.9 Å². The fraction of sp³-hybridized carbons (Fsp3) is 0.266. The molecule has 4 atom stereocenters. The normalized spacial score (nSPS) is 13.7. The molecule has 6 N–H and O–H groups in total. The lowest BCUT2D eigenvalue weighted by Gasteiger charge is -2.35. The van der Waals surface area contributed by atoms with Crippen LogP contribution >= 0.6 is 46.3 Å². The molecular formula is C79H92Cl2N14O16P3+. The summed E-state index contributed by atoms with van der Waals surface area (Å²) in [5.41, 5.74) is 7.67.